The summed E-state index contributed by atoms with van der Waals surface area (Å²) in [7, 11) is 1.41. The summed E-state index contributed by atoms with van der Waals surface area (Å²) in [5, 5.41) is 0. The van der Waals surface area contributed by atoms with Crippen molar-refractivity contribution in [3.8, 4) is 0 Å². The lowest BCUT2D eigenvalue weighted by molar-refractivity contribution is -0.140. The highest BCUT2D eigenvalue weighted by molar-refractivity contribution is 6.09. The number of aryl methyl sites for hydroxylation is 1. The summed E-state index contributed by atoms with van der Waals surface area (Å²) in [5.41, 5.74) is 3.66. The quantitative estimate of drug-likeness (QED) is 0.793. The zero-order valence-electron chi connectivity index (χ0n) is 13.4. The molecule has 4 heteroatoms. The van der Waals surface area contributed by atoms with Gasteiger partial charge < -0.3 is 4.74 Å². The van der Waals surface area contributed by atoms with Gasteiger partial charge in [-0.3, -0.25) is 9.79 Å². The van der Waals surface area contributed by atoms with Crippen molar-refractivity contribution >= 4 is 11.7 Å². The largest absolute Gasteiger partial charge is 0.469 e. The summed E-state index contributed by atoms with van der Waals surface area (Å²) in [6, 6.07) is 5.07. The third-order valence-corrected chi connectivity index (χ3v) is 4.15. The molecule has 0 aliphatic carbocycles. The van der Waals surface area contributed by atoms with E-state index in [4.69, 9.17) is 4.74 Å². The first-order valence-corrected chi connectivity index (χ1v) is 7.57. The van der Waals surface area contributed by atoms with Crippen LogP contribution >= 0.6 is 0 Å². The van der Waals surface area contributed by atoms with Gasteiger partial charge in [0.25, 0.3) is 0 Å². The van der Waals surface area contributed by atoms with E-state index in [1.807, 2.05) is 6.07 Å². The average Bonchev–Trinajstić information content (AvgIpc) is 2.69. The smallest absolute Gasteiger partial charge is 0.305 e. The summed E-state index contributed by atoms with van der Waals surface area (Å²) in [6.45, 7) is 4.54. The molecule has 0 N–H and O–H groups in total. The summed E-state index contributed by atoms with van der Waals surface area (Å²) in [4.78, 5) is 15.9. The predicted octanol–water partition coefficient (Wildman–Crippen LogP) is 3.84. The SMILES string of the molecule is COC(=O)CCC1CCN=C(c2ccc(F)c(C)c2)C=C1C. The number of halogens is 1. The number of nitrogens with zero attached hydrogens (tertiary/aromatic N) is 1. The van der Waals surface area contributed by atoms with Crippen molar-refractivity contribution in [2.45, 2.75) is 33.1 Å². The zero-order valence-corrected chi connectivity index (χ0v) is 13.4. The lowest BCUT2D eigenvalue weighted by atomic mass is 9.91. The Morgan fingerprint density at radius 3 is 2.86 bits per heavy atom. The fourth-order valence-corrected chi connectivity index (χ4v) is 2.69. The molecule has 0 aromatic heterocycles. The van der Waals surface area contributed by atoms with Gasteiger partial charge in [0.05, 0.1) is 12.8 Å². The number of carbonyl (C=O) groups excluding carboxylic acids is 1. The first-order valence-electron chi connectivity index (χ1n) is 7.57. The molecule has 1 aliphatic rings. The van der Waals surface area contributed by atoms with Gasteiger partial charge in [0.15, 0.2) is 0 Å². The van der Waals surface area contributed by atoms with Crippen LogP contribution in [-0.2, 0) is 9.53 Å². The highest BCUT2D eigenvalue weighted by atomic mass is 19.1. The fraction of sp³-hybridized carbons (Fsp3) is 0.444. The summed E-state index contributed by atoms with van der Waals surface area (Å²) in [6.07, 6.45) is 4.18. The molecule has 0 bridgehead atoms. The van der Waals surface area contributed by atoms with E-state index in [0.717, 1.165) is 24.1 Å². The summed E-state index contributed by atoms with van der Waals surface area (Å²) in [5.74, 6) is -0.0381. The molecule has 118 valence electrons. The number of carbonyl (C=O) groups is 1. The lowest BCUT2D eigenvalue weighted by Crippen LogP contribution is -2.08. The van der Waals surface area contributed by atoms with Crippen LogP contribution in [0.2, 0.25) is 0 Å². The van der Waals surface area contributed by atoms with Crippen molar-refractivity contribution in [3.63, 3.8) is 0 Å². The number of methoxy groups -OCH3 is 1. The van der Waals surface area contributed by atoms with E-state index in [2.05, 4.69) is 18.0 Å². The lowest BCUT2D eigenvalue weighted by Gasteiger charge is -2.14. The second kappa shape index (κ2) is 7.34. The number of rotatable bonds is 4. The molecule has 0 radical (unpaired) electrons. The van der Waals surface area contributed by atoms with Crippen LogP contribution in [0.1, 0.15) is 37.3 Å². The molecule has 0 amide bonds. The van der Waals surface area contributed by atoms with E-state index in [0.29, 0.717) is 24.4 Å². The van der Waals surface area contributed by atoms with Crippen molar-refractivity contribution in [3.05, 3.63) is 46.8 Å². The Morgan fingerprint density at radius 1 is 1.41 bits per heavy atom. The van der Waals surface area contributed by atoms with Crippen LogP contribution in [0, 0.1) is 18.7 Å². The van der Waals surface area contributed by atoms with Gasteiger partial charge in [-0.05, 0) is 62.4 Å². The summed E-state index contributed by atoms with van der Waals surface area (Å²) >= 11 is 0. The van der Waals surface area contributed by atoms with E-state index < -0.39 is 0 Å². The number of allylic oxidation sites excluding steroid dienone is 2. The standard InChI is InChI=1S/C18H22FNO2/c1-12-11-17(15-4-6-16(19)13(2)10-15)20-9-8-14(12)5-7-18(21)22-3/h4,6,10-11,14H,5,7-9H2,1-3H3. The minimum Gasteiger partial charge on any atom is -0.469 e. The van der Waals surface area contributed by atoms with Gasteiger partial charge in [0.2, 0.25) is 0 Å². The molecule has 0 saturated heterocycles. The molecule has 1 unspecified atom stereocenters. The number of esters is 1. The highest BCUT2D eigenvalue weighted by Crippen LogP contribution is 2.25. The highest BCUT2D eigenvalue weighted by Gasteiger charge is 2.17. The van der Waals surface area contributed by atoms with Gasteiger partial charge in [-0.25, -0.2) is 4.39 Å². The molecule has 2 rings (SSSR count). The Kier molecular flexibility index (Phi) is 5.47. The minimum atomic E-state index is -0.199. The molecular formula is C18H22FNO2. The molecule has 1 heterocycles. The maximum absolute atomic E-state index is 13.4. The van der Waals surface area contributed by atoms with E-state index in [1.54, 1.807) is 13.0 Å². The van der Waals surface area contributed by atoms with Gasteiger partial charge >= 0.3 is 5.97 Å². The summed E-state index contributed by atoms with van der Waals surface area (Å²) < 4.78 is 18.1. The van der Waals surface area contributed by atoms with Crippen LogP contribution in [0.15, 0.2) is 34.8 Å². The predicted molar refractivity (Wildman–Crippen MR) is 85.7 cm³/mol. The zero-order chi connectivity index (χ0) is 16.1. The van der Waals surface area contributed by atoms with Crippen LogP contribution < -0.4 is 0 Å². The van der Waals surface area contributed by atoms with Crippen LogP contribution in [0.5, 0.6) is 0 Å². The topological polar surface area (TPSA) is 38.7 Å². The number of aliphatic imine (C=N–C) groups is 1. The average molecular weight is 303 g/mol. The monoisotopic (exact) mass is 303 g/mol. The number of hydrogen-bond acceptors (Lipinski definition) is 3. The van der Waals surface area contributed by atoms with Crippen molar-refractivity contribution in [2.75, 3.05) is 13.7 Å². The van der Waals surface area contributed by atoms with Crippen molar-refractivity contribution in [2.24, 2.45) is 10.9 Å². The number of hydrogen-bond donors (Lipinski definition) is 0. The Morgan fingerprint density at radius 2 is 2.18 bits per heavy atom. The maximum Gasteiger partial charge on any atom is 0.305 e. The fourth-order valence-electron chi connectivity index (χ4n) is 2.69. The molecular weight excluding hydrogens is 281 g/mol. The molecule has 3 nitrogen and oxygen atoms in total. The molecule has 1 atom stereocenters. The molecule has 22 heavy (non-hydrogen) atoms. The van der Waals surface area contributed by atoms with E-state index in [-0.39, 0.29) is 11.8 Å². The Balaban J connectivity index is 2.14. The third kappa shape index (κ3) is 4.03. The maximum atomic E-state index is 13.4. The van der Waals surface area contributed by atoms with Crippen LogP contribution in [0.25, 0.3) is 0 Å². The van der Waals surface area contributed by atoms with Gasteiger partial charge in [0.1, 0.15) is 5.82 Å². The van der Waals surface area contributed by atoms with Gasteiger partial charge in [-0.2, -0.15) is 0 Å². The van der Waals surface area contributed by atoms with Gasteiger partial charge in [0, 0.05) is 18.5 Å². The normalized spacial score (nSPS) is 18.3. The second-order valence-electron chi connectivity index (χ2n) is 5.72. The molecule has 0 saturated carbocycles. The van der Waals surface area contributed by atoms with E-state index in [1.165, 1.54) is 18.7 Å². The van der Waals surface area contributed by atoms with Crippen molar-refractivity contribution in [1.29, 1.82) is 0 Å². The minimum absolute atomic E-state index is 0.174. The van der Waals surface area contributed by atoms with Crippen molar-refractivity contribution < 1.29 is 13.9 Å². The van der Waals surface area contributed by atoms with Crippen LogP contribution in [0.3, 0.4) is 0 Å². The van der Waals surface area contributed by atoms with Gasteiger partial charge in [-0.15, -0.1) is 0 Å². The molecule has 1 aromatic rings. The Hall–Kier alpha value is -1.97. The first-order chi connectivity index (χ1) is 10.5. The first kappa shape index (κ1) is 16.4. The number of benzene rings is 1. The van der Waals surface area contributed by atoms with Gasteiger partial charge in [-0.1, -0.05) is 5.57 Å². The Bertz CT molecular complexity index is 620. The van der Waals surface area contributed by atoms with E-state index >= 15 is 0 Å². The second-order valence-corrected chi connectivity index (χ2v) is 5.72. The number of ether oxygens (including phenoxy) is 1. The molecule has 0 spiro atoms. The van der Waals surface area contributed by atoms with Crippen molar-refractivity contribution in [1.82, 2.24) is 0 Å². The molecule has 1 aliphatic heterocycles. The van der Waals surface area contributed by atoms with Crippen LogP contribution in [0.4, 0.5) is 4.39 Å². The molecule has 0 fully saturated rings. The van der Waals surface area contributed by atoms with Crippen LogP contribution in [-0.4, -0.2) is 25.3 Å². The molecule has 1 aromatic carbocycles. The Labute approximate surface area is 130 Å². The third-order valence-electron chi connectivity index (χ3n) is 4.15. The van der Waals surface area contributed by atoms with E-state index in [9.17, 15) is 9.18 Å².